The molecule has 1 aliphatic rings. The number of thiazole rings is 1. The van der Waals surface area contributed by atoms with Crippen LogP contribution in [0.3, 0.4) is 0 Å². The number of likely N-dealkylation sites (tertiary alicyclic amines) is 1. The molecule has 0 aliphatic carbocycles. The molecule has 25 heavy (non-hydrogen) atoms. The maximum atomic E-state index is 12.5. The zero-order chi connectivity index (χ0) is 17.8. The van der Waals surface area contributed by atoms with Crippen molar-refractivity contribution >= 4 is 28.3 Å². The van der Waals surface area contributed by atoms with Crippen LogP contribution in [0.2, 0.25) is 0 Å². The SMILES string of the molecule is CCCC(=O)N1CCCC(C(=O)Nc2nc(-c3cnn(C)c3)cs2)C1. The van der Waals surface area contributed by atoms with Gasteiger partial charge in [-0.15, -0.1) is 11.3 Å². The van der Waals surface area contributed by atoms with E-state index in [0.29, 0.717) is 18.1 Å². The van der Waals surface area contributed by atoms with E-state index in [1.807, 2.05) is 30.4 Å². The van der Waals surface area contributed by atoms with Crippen LogP contribution < -0.4 is 5.32 Å². The average Bonchev–Trinajstić information content (AvgIpc) is 3.24. The Morgan fingerprint density at radius 3 is 3.00 bits per heavy atom. The van der Waals surface area contributed by atoms with E-state index in [-0.39, 0.29) is 17.7 Å². The van der Waals surface area contributed by atoms with Crippen LogP contribution in [0.5, 0.6) is 0 Å². The van der Waals surface area contributed by atoms with Crippen molar-refractivity contribution in [3.8, 4) is 11.3 Å². The lowest BCUT2D eigenvalue weighted by Crippen LogP contribution is -2.43. The van der Waals surface area contributed by atoms with Gasteiger partial charge in [-0.3, -0.25) is 14.3 Å². The van der Waals surface area contributed by atoms with Gasteiger partial charge < -0.3 is 10.2 Å². The van der Waals surface area contributed by atoms with Gasteiger partial charge in [0.05, 0.1) is 17.8 Å². The van der Waals surface area contributed by atoms with Gasteiger partial charge in [0.25, 0.3) is 0 Å². The van der Waals surface area contributed by atoms with Crippen LogP contribution >= 0.6 is 11.3 Å². The first-order valence-electron chi connectivity index (χ1n) is 8.60. The van der Waals surface area contributed by atoms with Crippen molar-refractivity contribution in [2.75, 3.05) is 18.4 Å². The summed E-state index contributed by atoms with van der Waals surface area (Å²) in [5.41, 5.74) is 1.73. The fourth-order valence-corrected chi connectivity index (χ4v) is 3.74. The third kappa shape index (κ3) is 4.25. The smallest absolute Gasteiger partial charge is 0.231 e. The van der Waals surface area contributed by atoms with Crippen LogP contribution in [0.25, 0.3) is 11.3 Å². The van der Waals surface area contributed by atoms with E-state index in [0.717, 1.165) is 37.1 Å². The first kappa shape index (κ1) is 17.6. The molecule has 0 aromatic carbocycles. The summed E-state index contributed by atoms with van der Waals surface area (Å²) in [6.07, 6.45) is 6.70. The van der Waals surface area contributed by atoms with Crippen molar-refractivity contribution in [2.45, 2.75) is 32.6 Å². The molecular weight excluding hydrogens is 338 g/mol. The molecule has 1 fully saturated rings. The molecular formula is C17H23N5O2S. The fraction of sp³-hybridized carbons (Fsp3) is 0.529. The third-order valence-corrected chi connectivity index (χ3v) is 5.10. The molecule has 1 N–H and O–H groups in total. The highest BCUT2D eigenvalue weighted by molar-refractivity contribution is 7.14. The third-order valence-electron chi connectivity index (χ3n) is 4.34. The average molecular weight is 361 g/mol. The Morgan fingerprint density at radius 2 is 2.28 bits per heavy atom. The summed E-state index contributed by atoms with van der Waals surface area (Å²) in [6, 6.07) is 0. The predicted molar refractivity (Wildman–Crippen MR) is 97.2 cm³/mol. The van der Waals surface area contributed by atoms with E-state index in [1.54, 1.807) is 10.9 Å². The number of aromatic nitrogens is 3. The van der Waals surface area contributed by atoms with Crippen molar-refractivity contribution in [1.29, 1.82) is 0 Å². The number of nitrogens with one attached hydrogen (secondary N) is 1. The Kier molecular flexibility index (Phi) is 5.47. The minimum Gasteiger partial charge on any atom is -0.342 e. The lowest BCUT2D eigenvalue weighted by atomic mass is 9.97. The van der Waals surface area contributed by atoms with Gasteiger partial charge >= 0.3 is 0 Å². The maximum Gasteiger partial charge on any atom is 0.231 e. The molecule has 0 bridgehead atoms. The molecule has 8 heteroatoms. The number of anilines is 1. The summed E-state index contributed by atoms with van der Waals surface area (Å²) in [4.78, 5) is 30.9. The Morgan fingerprint density at radius 1 is 1.44 bits per heavy atom. The maximum absolute atomic E-state index is 12.5. The Bertz CT molecular complexity index is 754. The van der Waals surface area contributed by atoms with Gasteiger partial charge in [-0.1, -0.05) is 6.92 Å². The highest BCUT2D eigenvalue weighted by Crippen LogP contribution is 2.26. The van der Waals surface area contributed by atoms with Crippen molar-refractivity contribution in [2.24, 2.45) is 13.0 Å². The largest absolute Gasteiger partial charge is 0.342 e. The van der Waals surface area contributed by atoms with Gasteiger partial charge in [-0.2, -0.15) is 5.10 Å². The summed E-state index contributed by atoms with van der Waals surface area (Å²) in [7, 11) is 1.85. The molecule has 0 saturated carbocycles. The number of nitrogens with zero attached hydrogens (tertiary/aromatic N) is 4. The summed E-state index contributed by atoms with van der Waals surface area (Å²) in [5, 5.41) is 9.53. The van der Waals surface area contributed by atoms with Gasteiger partial charge in [0, 0.05) is 43.7 Å². The van der Waals surface area contributed by atoms with E-state index in [1.165, 1.54) is 11.3 Å². The molecule has 3 heterocycles. The lowest BCUT2D eigenvalue weighted by molar-refractivity contribution is -0.134. The fourth-order valence-electron chi connectivity index (χ4n) is 3.01. The van der Waals surface area contributed by atoms with Gasteiger partial charge in [0.15, 0.2) is 5.13 Å². The highest BCUT2D eigenvalue weighted by Gasteiger charge is 2.28. The van der Waals surface area contributed by atoms with E-state index in [4.69, 9.17) is 0 Å². The minimum absolute atomic E-state index is 0.0546. The molecule has 3 rings (SSSR count). The van der Waals surface area contributed by atoms with E-state index >= 15 is 0 Å². The number of carbonyl (C=O) groups excluding carboxylic acids is 2. The van der Waals surface area contributed by atoms with Gasteiger partial charge in [0.1, 0.15) is 0 Å². The first-order valence-corrected chi connectivity index (χ1v) is 9.48. The zero-order valence-electron chi connectivity index (χ0n) is 14.6. The van der Waals surface area contributed by atoms with Crippen LogP contribution in [0.4, 0.5) is 5.13 Å². The molecule has 1 saturated heterocycles. The molecule has 2 aromatic heterocycles. The second-order valence-electron chi connectivity index (χ2n) is 6.36. The minimum atomic E-state index is -0.166. The number of amides is 2. The van der Waals surface area contributed by atoms with Crippen LogP contribution in [-0.2, 0) is 16.6 Å². The standard InChI is InChI=1S/C17H23N5O2S/c1-3-5-15(23)22-7-4-6-12(10-22)16(24)20-17-19-14(11-25-17)13-8-18-21(2)9-13/h8-9,11-12H,3-7,10H2,1-2H3,(H,19,20,24). The Balaban J connectivity index is 1.60. The molecule has 1 unspecified atom stereocenters. The monoisotopic (exact) mass is 361 g/mol. The number of hydrogen-bond donors (Lipinski definition) is 1. The molecule has 1 aliphatic heterocycles. The van der Waals surface area contributed by atoms with Gasteiger partial charge in [-0.05, 0) is 19.3 Å². The van der Waals surface area contributed by atoms with Crippen LogP contribution in [0.1, 0.15) is 32.6 Å². The molecule has 0 spiro atoms. The second-order valence-corrected chi connectivity index (χ2v) is 7.22. The van der Waals surface area contributed by atoms with Gasteiger partial charge in [-0.25, -0.2) is 4.98 Å². The zero-order valence-corrected chi connectivity index (χ0v) is 15.4. The summed E-state index contributed by atoms with van der Waals surface area (Å²) in [6.45, 7) is 3.25. The molecule has 2 amide bonds. The number of hydrogen-bond acceptors (Lipinski definition) is 5. The highest BCUT2D eigenvalue weighted by atomic mass is 32.1. The quantitative estimate of drug-likeness (QED) is 0.887. The molecule has 0 radical (unpaired) electrons. The predicted octanol–water partition coefficient (Wildman–Crippen LogP) is 2.52. The number of rotatable bonds is 5. The van der Waals surface area contributed by atoms with Crippen molar-refractivity contribution in [1.82, 2.24) is 19.7 Å². The van der Waals surface area contributed by atoms with E-state index in [9.17, 15) is 9.59 Å². The molecule has 7 nitrogen and oxygen atoms in total. The topological polar surface area (TPSA) is 80.1 Å². The van der Waals surface area contributed by atoms with E-state index < -0.39 is 0 Å². The normalized spacial score (nSPS) is 17.5. The lowest BCUT2D eigenvalue weighted by Gasteiger charge is -2.31. The van der Waals surface area contributed by atoms with Crippen LogP contribution in [0.15, 0.2) is 17.8 Å². The van der Waals surface area contributed by atoms with Crippen LogP contribution in [-0.4, -0.2) is 44.6 Å². The molecule has 134 valence electrons. The summed E-state index contributed by atoms with van der Waals surface area (Å²) in [5.74, 6) is -0.0745. The second kappa shape index (κ2) is 7.77. The number of aryl methyl sites for hydroxylation is 1. The van der Waals surface area contributed by atoms with Crippen LogP contribution in [0, 0.1) is 5.92 Å². The first-order chi connectivity index (χ1) is 12.1. The Labute approximate surface area is 151 Å². The van der Waals surface area contributed by atoms with Crippen molar-refractivity contribution in [3.63, 3.8) is 0 Å². The summed E-state index contributed by atoms with van der Waals surface area (Å²) < 4.78 is 1.72. The molecule has 1 atom stereocenters. The Hall–Kier alpha value is -2.22. The van der Waals surface area contributed by atoms with Crippen molar-refractivity contribution in [3.05, 3.63) is 17.8 Å². The van der Waals surface area contributed by atoms with E-state index in [2.05, 4.69) is 15.4 Å². The number of piperidine rings is 1. The molecule has 2 aromatic rings. The van der Waals surface area contributed by atoms with Gasteiger partial charge in [0.2, 0.25) is 11.8 Å². The number of carbonyl (C=O) groups is 2. The summed E-state index contributed by atoms with van der Waals surface area (Å²) >= 11 is 1.40. The van der Waals surface area contributed by atoms with Crippen molar-refractivity contribution < 1.29 is 9.59 Å².